The molecule has 0 aromatic carbocycles. The van der Waals surface area contributed by atoms with E-state index in [4.69, 9.17) is 0 Å². The molecule has 2 amide bonds. The molecule has 0 aromatic heterocycles. The Labute approximate surface area is 155 Å². The van der Waals surface area contributed by atoms with Crippen LogP contribution in [0.3, 0.4) is 0 Å². The number of piperidine rings is 1. The van der Waals surface area contributed by atoms with Crippen LogP contribution < -0.4 is 0 Å². The number of carbonyl (C=O) groups excluding carboxylic acids is 2. The number of rotatable bonds is 4. The fourth-order valence-corrected chi connectivity index (χ4v) is 5.53. The van der Waals surface area contributed by atoms with Gasteiger partial charge < -0.3 is 9.80 Å². The van der Waals surface area contributed by atoms with E-state index in [2.05, 4.69) is 6.08 Å². The summed E-state index contributed by atoms with van der Waals surface area (Å²) in [4.78, 5) is 28.6. The molecule has 0 unspecified atom stereocenters. The maximum atomic E-state index is 12.5. The molecule has 3 aliphatic rings. The highest BCUT2D eigenvalue weighted by Gasteiger charge is 2.45. The standard InChI is InChI=1S/C19H28N2O4S/c1-15(2)3-7-21-14-19(12-18(21)23)5-8-20(9-6-19)17(22)11-16-4-10-26(24,25)13-16/h3-4,10,16H,5-9,11-14H2,1-2H3/t16-/m0/s1. The SMILES string of the molecule is CC(C)=CCN1CC2(CCN(C(=O)C[C@@H]3C=CS(=O)(=O)C3)CC2)CC1=O. The van der Waals surface area contributed by atoms with Crippen LogP contribution in [0.5, 0.6) is 0 Å². The summed E-state index contributed by atoms with van der Waals surface area (Å²) in [5.74, 6) is 0.0848. The highest BCUT2D eigenvalue weighted by molar-refractivity contribution is 7.94. The minimum Gasteiger partial charge on any atom is -0.343 e. The Morgan fingerprint density at radius 1 is 1.31 bits per heavy atom. The van der Waals surface area contributed by atoms with Gasteiger partial charge in [-0.2, -0.15) is 0 Å². The van der Waals surface area contributed by atoms with Crippen molar-refractivity contribution in [1.82, 2.24) is 9.80 Å². The summed E-state index contributed by atoms with van der Waals surface area (Å²) < 4.78 is 22.9. The molecule has 3 aliphatic heterocycles. The van der Waals surface area contributed by atoms with Gasteiger partial charge in [0.15, 0.2) is 9.84 Å². The number of amides is 2. The van der Waals surface area contributed by atoms with Crippen LogP contribution in [0.2, 0.25) is 0 Å². The number of sulfone groups is 1. The van der Waals surface area contributed by atoms with Crippen molar-refractivity contribution in [3.05, 3.63) is 23.1 Å². The van der Waals surface area contributed by atoms with Crippen molar-refractivity contribution in [1.29, 1.82) is 0 Å². The molecular weight excluding hydrogens is 352 g/mol. The van der Waals surface area contributed by atoms with Crippen molar-refractivity contribution in [2.75, 3.05) is 31.9 Å². The Bertz CT molecular complexity index is 742. The Hall–Kier alpha value is -1.63. The number of hydrogen-bond donors (Lipinski definition) is 0. The highest BCUT2D eigenvalue weighted by Crippen LogP contribution is 2.41. The average Bonchev–Trinajstić information content (AvgIpc) is 3.05. The lowest BCUT2D eigenvalue weighted by molar-refractivity contribution is -0.134. The molecule has 0 bridgehead atoms. The monoisotopic (exact) mass is 380 g/mol. The van der Waals surface area contributed by atoms with Crippen LogP contribution in [0.25, 0.3) is 0 Å². The zero-order valence-corrected chi connectivity index (χ0v) is 16.4. The molecule has 0 saturated carbocycles. The maximum Gasteiger partial charge on any atom is 0.223 e. The van der Waals surface area contributed by atoms with Crippen LogP contribution in [-0.2, 0) is 19.4 Å². The van der Waals surface area contributed by atoms with E-state index in [1.165, 1.54) is 11.0 Å². The summed E-state index contributed by atoms with van der Waals surface area (Å²) in [6, 6.07) is 0. The number of hydrogen-bond acceptors (Lipinski definition) is 4. The average molecular weight is 381 g/mol. The van der Waals surface area contributed by atoms with Crippen molar-refractivity contribution in [3.8, 4) is 0 Å². The molecule has 3 heterocycles. The third-order valence-electron chi connectivity index (χ3n) is 5.74. The highest BCUT2D eigenvalue weighted by atomic mass is 32.2. The smallest absolute Gasteiger partial charge is 0.223 e. The molecule has 2 saturated heterocycles. The van der Waals surface area contributed by atoms with Gasteiger partial charge in [-0.3, -0.25) is 9.59 Å². The third-order valence-corrected chi connectivity index (χ3v) is 7.21. The summed E-state index contributed by atoms with van der Waals surface area (Å²) in [7, 11) is -3.11. The minimum absolute atomic E-state index is 0.0000496. The van der Waals surface area contributed by atoms with Gasteiger partial charge in [-0.25, -0.2) is 8.42 Å². The van der Waals surface area contributed by atoms with Crippen LogP contribution in [0.4, 0.5) is 0 Å². The van der Waals surface area contributed by atoms with E-state index < -0.39 is 9.84 Å². The van der Waals surface area contributed by atoms with E-state index in [-0.39, 0.29) is 35.3 Å². The molecule has 1 atom stereocenters. The fraction of sp³-hybridized carbons (Fsp3) is 0.684. The summed E-state index contributed by atoms with van der Waals surface area (Å²) in [6.07, 6.45) is 6.24. The Morgan fingerprint density at radius 2 is 2.00 bits per heavy atom. The molecule has 0 aliphatic carbocycles. The summed E-state index contributed by atoms with van der Waals surface area (Å²) >= 11 is 0. The van der Waals surface area contributed by atoms with Gasteiger partial charge in [-0.1, -0.05) is 17.7 Å². The van der Waals surface area contributed by atoms with Crippen molar-refractivity contribution in [2.45, 2.75) is 39.5 Å². The van der Waals surface area contributed by atoms with Crippen molar-refractivity contribution in [3.63, 3.8) is 0 Å². The first-order valence-corrected chi connectivity index (χ1v) is 11.0. The summed E-state index contributed by atoms with van der Waals surface area (Å²) in [5.41, 5.74) is 1.21. The first-order chi connectivity index (χ1) is 12.2. The van der Waals surface area contributed by atoms with E-state index in [1.807, 2.05) is 23.6 Å². The zero-order chi connectivity index (χ0) is 18.9. The van der Waals surface area contributed by atoms with Crippen molar-refractivity contribution >= 4 is 21.7 Å². The van der Waals surface area contributed by atoms with E-state index in [0.717, 1.165) is 19.4 Å². The van der Waals surface area contributed by atoms with Gasteiger partial charge in [0, 0.05) is 55.8 Å². The predicted molar refractivity (Wildman–Crippen MR) is 99.9 cm³/mol. The number of likely N-dealkylation sites (tertiary alicyclic amines) is 2. The van der Waals surface area contributed by atoms with Gasteiger partial charge >= 0.3 is 0 Å². The molecule has 144 valence electrons. The molecule has 0 radical (unpaired) electrons. The van der Waals surface area contributed by atoms with Gasteiger partial charge in [0.1, 0.15) is 0 Å². The lowest BCUT2D eigenvalue weighted by Gasteiger charge is -2.39. The number of carbonyl (C=O) groups is 2. The Kier molecular flexibility index (Phi) is 5.28. The van der Waals surface area contributed by atoms with Crippen molar-refractivity contribution in [2.24, 2.45) is 11.3 Å². The van der Waals surface area contributed by atoms with Crippen molar-refractivity contribution < 1.29 is 18.0 Å². The quantitative estimate of drug-likeness (QED) is 0.697. The Morgan fingerprint density at radius 3 is 2.58 bits per heavy atom. The molecule has 26 heavy (non-hydrogen) atoms. The maximum absolute atomic E-state index is 12.5. The Balaban J connectivity index is 1.51. The van der Waals surface area contributed by atoms with Crippen LogP contribution in [0, 0.1) is 11.3 Å². The lowest BCUT2D eigenvalue weighted by atomic mass is 9.77. The second-order valence-corrected chi connectivity index (χ2v) is 10.2. The summed E-state index contributed by atoms with van der Waals surface area (Å²) in [5, 5.41) is 1.22. The van der Waals surface area contributed by atoms with E-state index >= 15 is 0 Å². The van der Waals surface area contributed by atoms with E-state index in [1.54, 1.807) is 6.08 Å². The van der Waals surface area contributed by atoms with Gasteiger partial charge in [0.2, 0.25) is 11.8 Å². The summed E-state index contributed by atoms with van der Waals surface area (Å²) in [6.45, 7) is 6.84. The van der Waals surface area contributed by atoms with Crippen LogP contribution in [0.15, 0.2) is 23.1 Å². The minimum atomic E-state index is -3.11. The van der Waals surface area contributed by atoms with E-state index in [0.29, 0.717) is 26.1 Å². The zero-order valence-electron chi connectivity index (χ0n) is 15.6. The molecule has 1 spiro atoms. The van der Waals surface area contributed by atoms with Gasteiger partial charge in [0.25, 0.3) is 0 Å². The molecule has 3 rings (SSSR count). The molecule has 0 N–H and O–H groups in total. The lowest BCUT2D eigenvalue weighted by Crippen LogP contribution is -2.44. The topological polar surface area (TPSA) is 74.8 Å². The largest absolute Gasteiger partial charge is 0.343 e. The van der Waals surface area contributed by atoms with Crippen LogP contribution in [0.1, 0.15) is 39.5 Å². The molecule has 7 heteroatoms. The molecule has 2 fully saturated rings. The van der Waals surface area contributed by atoms with Gasteiger partial charge in [-0.05, 0) is 26.7 Å². The van der Waals surface area contributed by atoms with Gasteiger partial charge in [0.05, 0.1) is 5.75 Å². The fourth-order valence-electron chi connectivity index (χ4n) is 4.13. The number of nitrogens with zero attached hydrogens (tertiary/aromatic N) is 2. The second kappa shape index (κ2) is 7.18. The third kappa shape index (κ3) is 4.37. The van der Waals surface area contributed by atoms with Crippen LogP contribution >= 0.6 is 0 Å². The van der Waals surface area contributed by atoms with Gasteiger partial charge in [-0.15, -0.1) is 0 Å². The molecular formula is C19H28N2O4S. The first kappa shape index (κ1) is 19.1. The number of allylic oxidation sites excluding steroid dienone is 2. The second-order valence-electron chi connectivity index (χ2n) is 8.24. The first-order valence-electron chi connectivity index (χ1n) is 9.28. The molecule has 0 aromatic rings. The van der Waals surface area contributed by atoms with E-state index in [9.17, 15) is 18.0 Å². The van der Waals surface area contributed by atoms with Crippen LogP contribution in [-0.4, -0.2) is 62.0 Å². The predicted octanol–water partition coefficient (Wildman–Crippen LogP) is 1.74. The molecule has 6 nitrogen and oxygen atoms in total. The normalized spacial score (nSPS) is 26.5.